The van der Waals surface area contributed by atoms with Crippen molar-refractivity contribution in [2.75, 3.05) is 0 Å². The van der Waals surface area contributed by atoms with Crippen LogP contribution in [0.5, 0.6) is 0 Å². The van der Waals surface area contributed by atoms with Crippen LogP contribution in [0.4, 0.5) is 0 Å². The summed E-state index contributed by atoms with van der Waals surface area (Å²) in [4.78, 5) is 14.0. The first-order valence-electron chi connectivity index (χ1n) is 5.31. The number of ketones is 1. The van der Waals surface area contributed by atoms with Crippen molar-refractivity contribution in [2.24, 2.45) is 0 Å². The van der Waals surface area contributed by atoms with E-state index in [0.717, 1.165) is 17.0 Å². The van der Waals surface area contributed by atoms with E-state index in [0.29, 0.717) is 6.54 Å². The predicted molar refractivity (Wildman–Crippen MR) is 65.0 cm³/mol. The largest absolute Gasteiger partial charge is 0.291 e. The van der Waals surface area contributed by atoms with Crippen molar-refractivity contribution in [3.05, 3.63) is 39.8 Å². The summed E-state index contributed by atoms with van der Waals surface area (Å²) in [6, 6.07) is 5.83. The maximum Gasteiger partial charge on any atom is 0.194 e. The Morgan fingerprint density at radius 3 is 2.81 bits per heavy atom. The lowest BCUT2D eigenvalue weighted by molar-refractivity contribution is 0.0971. The van der Waals surface area contributed by atoms with Gasteiger partial charge in [0, 0.05) is 16.8 Å². The molecule has 0 saturated carbocycles. The van der Waals surface area contributed by atoms with E-state index in [2.05, 4.69) is 12.0 Å². The minimum atomic E-state index is 0.136. The summed E-state index contributed by atoms with van der Waals surface area (Å²) in [7, 11) is 0. The lowest BCUT2D eigenvalue weighted by atomic mass is 10.3. The van der Waals surface area contributed by atoms with Gasteiger partial charge >= 0.3 is 0 Å². The van der Waals surface area contributed by atoms with Gasteiger partial charge in [-0.3, -0.25) is 9.48 Å². The fourth-order valence-corrected chi connectivity index (χ4v) is 2.37. The third-order valence-corrected chi connectivity index (χ3v) is 3.78. The molecule has 2 rings (SSSR count). The standard InChI is InChI=1S/C12H14N2OS/c1-3-10-4-5-12(16-10)11(15)8-14-9(2)6-7-13-14/h4-7H,3,8H2,1-2H3. The quantitative estimate of drug-likeness (QED) is 0.762. The van der Waals surface area contributed by atoms with Crippen molar-refractivity contribution in [1.29, 1.82) is 0 Å². The van der Waals surface area contributed by atoms with Gasteiger partial charge in [-0.15, -0.1) is 11.3 Å². The molecule has 16 heavy (non-hydrogen) atoms. The van der Waals surface area contributed by atoms with Gasteiger partial charge in [-0.2, -0.15) is 5.10 Å². The van der Waals surface area contributed by atoms with Gasteiger partial charge in [0.25, 0.3) is 0 Å². The molecule has 0 aliphatic heterocycles. The number of rotatable bonds is 4. The van der Waals surface area contributed by atoms with Crippen LogP contribution in [0, 0.1) is 6.92 Å². The molecule has 0 amide bonds. The van der Waals surface area contributed by atoms with Crippen LogP contribution >= 0.6 is 11.3 Å². The second-order valence-electron chi connectivity index (χ2n) is 3.67. The zero-order chi connectivity index (χ0) is 11.5. The highest BCUT2D eigenvalue weighted by Gasteiger charge is 2.10. The molecule has 0 aliphatic carbocycles. The minimum Gasteiger partial charge on any atom is -0.291 e. The monoisotopic (exact) mass is 234 g/mol. The van der Waals surface area contributed by atoms with E-state index in [-0.39, 0.29) is 5.78 Å². The maximum absolute atomic E-state index is 11.9. The Morgan fingerprint density at radius 1 is 1.44 bits per heavy atom. The Kier molecular flexibility index (Phi) is 3.19. The van der Waals surface area contributed by atoms with Gasteiger partial charge in [-0.05, 0) is 31.5 Å². The van der Waals surface area contributed by atoms with Crippen molar-refractivity contribution in [2.45, 2.75) is 26.8 Å². The first-order valence-corrected chi connectivity index (χ1v) is 6.12. The molecule has 0 atom stereocenters. The van der Waals surface area contributed by atoms with Gasteiger partial charge in [-0.1, -0.05) is 6.92 Å². The van der Waals surface area contributed by atoms with Crippen molar-refractivity contribution in [1.82, 2.24) is 9.78 Å². The van der Waals surface area contributed by atoms with E-state index in [4.69, 9.17) is 0 Å². The molecule has 0 aliphatic rings. The van der Waals surface area contributed by atoms with Crippen LogP contribution in [0.2, 0.25) is 0 Å². The van der Waals surface area contributed by atoms with Gasteiger partial charge in [0.2, 0.25) is 0 Å². The average Bonchev–Trinajstić information content (AvgIpc) is 2.88. The Bertz CT molecular complexity index is 499. The molecular formula is C12H14N2OS. The van der Waals surface area contributed by atoms with E-state index in [1.54, 1.807) is 22.2 Å². The van der Waals surface area contributed by atoms with Crippen molar-refractivity contribution >= 4 is 17.1 Å². The Hall–Kier alpha value is -1.42. The molecule has 0 spiro atoms. The number of nitrogens with zero attached hydrogens (tertiary/aromatic N) is 2. The molecule has 0 N–H and O–H groups in total. The second-order valence-corrected chi connectivity index (χ2v) is 4.84. The predicted octanol–water partition coefficient (Wildman–Crippen LogP) is 2.70. The molecule has 2 aromatic heterocycles. The van der Waals surface area contributed by atoms with Gasteiger partial charge < -0.3 is 0 Å². The molecule has 2 aromatic rings. The summed E-state index contributed by atoms with van der Waals surface area (Å²) < 4.78 is 1.73. The maximum atomic E-state index is 11.9. The van der Waals surface area contributed by atoms with Gasteiger partial charge in [0.05, 0.1) is 4.88 Å². The molecule has 3 nitrogen and oxygen atoms in total. The first-order chi connectivity index (χ1) is 7.70. The van der Waals surface area contributed by atoms with Gasteiger partial charge in [0.1, 0.15) is 6.54 Å². The zero-order valence-electron chi connectivity index (χ0n) is 9.43. The van der Waals surface area contributed by atoms with Crippen LogP contribution in [0.3, 0.4) is 0 Å². The van der Waals surface area contributed by atoms with Crippen LogP contribution in [-0.2, 0) is 13.0 Å². The zero-order valence-corrected chi connectivity index (χ0v) is 10.3. The van der Waals surface area contributed by atoms with E-state index < -0.39 is 0 Å². The van der Waals surface area contributed by atoms with Crippen LogP contribution in [0.15, 0.2) is 24.4 Å². The highest BCUT2D eigenvalue weighted by Crippen LogP contribution is 2.18. The minimum absolute atomic E-state index is 0.136. The van der Waals surface area contributed by atoms with Crippen molar-refractivity contribution in [3.63, 3.8) is 0 Å². The number of hydrogen-bond donors (Lipinski definition) is 0. The third-order valence-electron chi connectivity index (χ3n) is 2.51. The number of carbonyl (C=O) groups is 1. The van der Waals surface area contributed by atoms with Crippen LogP contribution in [0.1, 0.15) is 27.2 Å². The Labute approximate surface area is 98.7 Å². The third kappa shape index (κ3) is 2.22. The van der Waals surface area contributed by atoms with Crippen LogP contribution < -0.4 is 0 Å². The van der Waals surface area contributed by atoms with Crippen LogP contribution in [0.25, 0.3) is 0 Å². The molecule has 0 unspecified atom stereocenters. The summed E-state index contributed by atoms with van der Waals surface area (Å²) in [5, 5.41) is 4.11. The lowest BCUT2D eigenvalue weighted by Gasteiger charge is -2.01. The summed E-state index contributed by atoms with van der Waals surface area (Å²) in [6.07, 6.45) is 2.70. The number of aromatic nitrogens is 2. The van der Waals surface area contributed by atoms with E-state index in [1.165, 1.54) is 4.88 Å². The summed E-state index contributed by atoms with van der Waals surface area (Å²) in [5.41, 5.74) is 1.01. The molecule has 0 fully saturated rings. The first kappa shape index (κ1) is 11.1. The summed E-state index contributed by atoms with van der Waals surface area (Å²) in [5.74, 6) is 0.136. The highest BCUT2D eigenvalue weighted by molar-refractivity contribution is 7.14. The number of hydrogen-bond acceptors (Lipinski definition) is 3. The van der Waals surface area contributed by atoms with Gasteiger partial charge in [-0.25, -0.2) is 0 Å². The normalized spacial score (nSPS) is 10.6. The molecular weight excluding hydrogens is 220 g/mol. The number of Topliss-reactive ketones (excluding diaryl/α,β-unsaturated/α-hetero) is 1. The SMILES string of the molecule is CCc1ccc(C(=O)Cn2nccc2C)s1. The number of aryl methyl sites for hydroxylation is 2. The van der Waals surface area contributed by atoms with Crippen molar-refractivity contribution in [3.8, 4) is 0 Å². The molecule has 0 saturated heterocycles. The smallest absolute Gasteiger partial charge is 0.194 e. The van der Waals surface area contributed by atoms with E-state index >= 15 is 0 Å². The lowest BCUT2D eigenvalue weighted by Crippen LogP contribution is -2.11. The molecule has 0 radical (unpaired) electrons. The summed E-state index contributed by atoms with van der Waals surface area (Å²) >= 11 is 1.58. The summed E-state index contributed by atoms with van der Waals surface area (Å²) in [6.45, 7) is 4.38. The molecule has 84 valence electrons. The fraction of sp³-hybridized carbons (Fsp3) is 0.333. The molecule has 0 aromatic carbocycles. The fourth-order valence-electron chi connectivity index (χ4n) is 1.50. The number of carbonyl (C=O) groups excluding carboxylic acids is 1. The highest BCUT2D eigenvalue weighted by atomic mass is 32.1. The van der Waals surface area contributed by atoms with E-state index in [9.17, 15) is 4.79 Å². The molecule has 0 bridgehead atoms. The van der Waals surface area contributed by atoms with E-state index in [1.807, 2.05) is 25.1 Å². The number of thiophene rings is 1. The van der Waals surface area contributed by atoms with Crippen LogP contribution in [-0.4, -0.2) is 15.6 Å². The topological polar surface area (TPSA) is 34.9 Å². The van der Waals surface area contributed by atoms with Crippen molar-refractivity contribution < 1.29 is 4.79 Å². The Balaban J connectivity index is 2.11. The molecule has 2 heterocycles. The Morgan fingerprint density at radius 2 is 2.25 bits per heavy atom. The average molecular weight is 234 g/mol. The second kappa shape index (κ2) is 4.61. The molecule has 4 heteroatoms. The van der Waals surface area contributed by atoms with Gasteiger partial charge in [0.15, 0.2) is 5.78 Å².